The molecule has 0 radical (unpaired) electrons. The summed E-state index contributed by atoms with van der Waals surface area (Å²) < 4.78 is 0. The number of rotatable bonds is 6. The van der Waals surface area contributed by atoms with E-state index in [1.165, 1.54) is 35.1 Å². The summed E-state index contributed by atoms with van der Waals surface area (Å²) in [7, 11) is 0. The van der Waals surface area contributed by atoms with Crippen LogP contribution in [0.15, 0.2) is 33.4 Å². The summed E-state index contributed by atoms with van der Waals surface area (Å²) in [6.07, 6.45) is 9.57. The minimum atomic E-state index is 0. The molecule has 0 saturated carbocycles. The van der Waals surface area contributed by atoms with Crippen molar-refractivity contribution in [3.8, 4) is 0 Å². The van der Waals surface area contributed by atoms with Gasteiger partial charge in [0.25, 0.3) is 0 Å². The molecule has 31 heavy (non-hydrogen) atoms. The first kappa shape index (κ1) is 36.0. The van der Waals surface area contributed by atoms with Gasteiger partial charge in [0.2, 0.25) is 0 Å². The Morgan fingerprint density at radius 1 is 0.452 bits per heavy atom. The number of halogens is 2. The van der Waals surface area contributed by atoms with Crippen LogP contribution in [0.2, 0.25) is 0 Å². The van der Waals surface area contributed by atoms with Gasteiger partial charge in [-0.3, -0.25) is 0 Å². The molecule has 2 rings (SSSR count). The molecule has 0 N–H and O–H groups in total. The van der Waals surface area contributed by atoms with Crippen molar-refractivity contribution < 1.29 is 51.0 Å². The van der Waals surface area contributed by atoms with Gasteiger partial charge in [0.05, 0.1) is 0 Å². The van der Waals surface area contributed by atoms with Gasteiger partial charge in [-0.1, -0.05) is 120 Å². The Hall–Kier alpha value is 0.423. The number of allylic oxidation sites excluding steroid dienone is 8. The van der Waals surface area contributed by atoms with Gasteiger partial charge in [0, 0.05) is 0 Å². The minimum absolute atomic E-state index is 0. The molecule has 176 valence electrons. The first-order valence-corrected chi connectivity index (χ1v) is 11.6. The van der Waals surface area contributed by atoms with E-state index in [9.17, 15) is 0 Å². The fourth-order valence-electron chi connectivity index (χ4n) is 3.95. The fourth-order valence-corrected chi connectivity index (χ4v) is 3.95. The van der Waals surface area contributed by atoms with Crippen molar-refractivity contribution in [1.29, 1.82) is 0 Å². The van der Waals surface area contributed by atoms with E-state index in [1.54, 1.807) is 11.1 Å². The SMILES string of the molecule is CC(C)C1=[C-]C(C(C)C)=C(C(C)C)C1.CC(C)C1=[C-]C(C(C)C)=C(C(C)C)C1.[Cl-].[Cl-].[Zr+4]. The molecule has 0 unspecified atom stereocenters. The Labute approximate surface area is 226 Å². The molecule has 0 aromatic rings. The van der Waals surface area contributed by atoms with Crippen molar-refractivity contribution in [3.05, 3.63) is 45.6 Å². The topological polar surface area (TPSA) is 0 Å². The third kappa shape index (κ3) is 10.5. The van der Waals surface area contributed by atoms with Crippen LogP contribution in [-0.4, -0.2) is 0 Å². The minimum Gasteiger partial charge on any atom is -1.00 e. The van der Waals surface area contributed by atoms with Gasteiger partial charge >= 0.3 is 26.2 Å². The van der Waals surface area contributed by atoms with E-state index in [-0.39, 0.29) is 51.0 Å². The van der Waals surface area contributed by atoms with Gasteiger partial charge in [-0.15, -0.1) is 0 Å². The number of hydrogen-bond donors (Lipinski definition) is 0. The molecule has 0 fully saturated rings. The van der Waals surface area contributed by atoms with Crippen molar-refractivity contribution in [2.45, 2.75) is 95.9 Å². The van der Waals surface area contributed by atoms with Gasteiger partial charge in [-0.25, -0.2) is 34.4 Å². The predicted molar refractivity (Wildman–Crippen MR) is 126 cm³/mol. The third-order valence-corrected chi connectivity index (χ3v) is 5.99. The normalized spacial score (nSPS) is 15.9. The number of hydrogen-bond acceptors (Lipinski definition) is 0. The van der Waals surface area contributed by atoms with Crippen molar-refractivity contribution in [2.75, 3.05) is 0 Å². The summed E-state index contributed by atoms with van der Waals surface area (Å²) in [6.45, 7) is 27.3. The first-order chi connectivity index (χ1) is 12.9. The zero-order valence-electron chi connectivity index (χ0n) is 22.1. The second-order valence-electron chi connectivity index (χ2n) is 10.5. The van der Waals surface area contributed by atoms with Crippen LogP contribution in [0.25, 0.3) is 0 Å². The van der Waals surface area contributed by atoms with Gasteiger partial charge in [-0.2, -0.15) is 11.1 Å². The van der Waals surface area contributed by atoms with Crippen LogP contribution in [0.3, 0.4) is 0 Å². The molecule has 0 amide bonds. The fraction of sp³-hybridized carbons (Fsp3) is 0.714. The van der Waals surface area contributed by atoms with E-state index in [2.05, 4.69) is 95.2 Å². The molecule has 2 aliphatic rings. The Kier molecular flexibility index (Phi) is 18.7. The first-order valence-electron chi connectivity index (χ1n) is 11.6. The molecular formula is C28H46Cl2Zr. The Bertz CT molecular complexity index is 598. The molecule has 3 heteroatoms. The summed E-state index contributed by atoms with van der Waals surface area (Å²) >= 11 is 0. The van der Waals surface area contributed by atoms with Gasteiger partial charge in [-0.05, 0) is 11.8 Å². The molecule has 0 nitrogen and oxygen atoms in total. The van der Waals surface area contributed by atoms with Gasteiger partial charge in [0.15, 0.2) is 0 Å². The van der Waals surface area contributed by atoms with Crippen LogP contribution in [0.1, 0.15) is 95.9 Å². The van der Waals surface area contributed by atoms with E-state index in [0.29, 0.717) is 35.5 Å². The maximum absolute atomic E-state index is 3.62. The predicted octanol–water partition coefficient (Wildman–Crippen LogP) is 2.77. The average Bonchev–Trinajstić information content (AvgIpc) is 3.20. The van der Waals surface area contributed by atoms with E-state index in [4.69, 9.17) is 0 Å². The van der Waals surface area contributed by atoms with Crippen molar-refractivity contribution in [1.82, 2.24) is 0 Å². The molecule has 0 aromatic heterocycles. The van der Waals surface area contributed by atoms with Crippen molar-refractivity contribution in [2.24, 2.45) is 35.5 Å². The maximum Gasteiger partial charge on any atom is 4.00 e. The zero-order chi connectivity index (χ0) is 21.8. The smallest absolute Gasteiger partial charge is 1.00 e. The van der Waals surface area contributed by atoms with Gasteiger partial charge < -0.3 is 24.8 Å². The summed E-state index contributed by atoms with van der Waals surface area (Å²) in [6, 6.07) is 0. The van der Waals surface area contributed by atoms with Crippen LogP contribution < -0.4 is 24.8 Å². The molecule has 0 heterocycles. The molecule has 0 saturated heterocycles. The monoisotopic (exact) mass is 542 g/mol. The van der Waals surface area contributed by atoms with E-state index >= 15 is 0 Å². The third-order valence-electron chi connectivity index (χ3n) is 5.99. The molecule has 0 aromatic carbocycles. The second kappa shape index (κ2) is 16.1. The van der Waals surface area contributed by atoms with Crippen molar-refractivity contribution >= 4 is 0 Å². The molecule has 0 aliphatic heterocycles. The van der Waals surface area contributed by atoms with E-state index < -0.39 is 0 Å². The quantitative estimate of drug-likeness (QED) is 0.452. The Morgan fingerprint density at radius 3 is 0.839 bits per heavy atom. The van der Waals surface area contributed by atoms with Gasteiger partial charge in [0.1, 0.15) is 0 Å². The summed E-state index contributed by atoms with van der Waals surface area (Å²) in [5.41, 5.74) is 9.18. The van der Waals surface area contributed by atoms with Crippen LogP contribution in [0.5, 0.6) is 0 Å². The molecular weight excluding hydrogens is 498 g/mol. The summed E-state index contributed by atoms with van der Waals surface area (Å²) in [5.74, 6) is 3.92. The van der Waals surface area contributed by atoms with Crippen molar-refractivity contribution in [3.63, 3.8) is 0 Å². The van der Waals surface area contributed by atoms with Crippen LogP contribution in [0.4, 0.5) is 0 Å². The summed E-state index contributed by atoms with van der Waals surface area (Å²) in [5, 5.41) is 0. The van der Waals surface area contributed by atoms with E-state index in [1.807, 2.05) is 0 Å². The standard InChI is InChI=1S/2C14H23.2ClH.Zr/c2*1-9(2)12-7-13(10(3)4)14(8-12)11(5)6;;;/h2*9-11H,7H2,1-6H3;2*1H;/q2*-1;;;+4/p-2. The Morgan fingerprint density at radius 2 is 0.710 bits per heavy atom. The molecule has 0 spiro atoms. The molecule has 0 atom stereocenters. The average molecular weight is 545 g/mol. The second-order valence-corrected chi connectivity index (χ2v) is 10.5. The molecule has 2 aliphatic carbocycles. The van der Waals surface area contributed by atoms with Crippen LogP contribution >= 0.6 is 0 Å². The van der Waals surface area contributed by atoms with E-state index in [0.717, 1.165) is 0 Å². The zero-order valence-corrected chi connectivity index (χ0v) is 26.1. The van der Waals surface area contributed by atoms with Crippen LogP contribution in [-0.2, 0) is 26.2 Å². The molecule has 0 bridgehead atoms. The maximum atomic E-state index is 3.62. The van der Waals surface area contributed by atoms with Crippen LogP contribution in [0, 0.1) is 47.7 Å². The largest absolute Gasteiger partial charge is 4.00 e. The summed E-state index contributed by atoms with van der Waals surface area (Å²) in [4.78, 5) is 0. The Balaban J connectivity index is -0.000000461.